The molecule has 4 N–H and O–H groups in total. The second kappa shape index (κ2) is 9.04. The van der Waals surface area contributed by atoms with Crippen LogP contribution in [0.25, 0.3) is 11.3 Å². The normalized spacial score (nSPS) is 10.4. The number of nitrogens with zero attached hydrogens (tertiary/aromatic N) is 2. The predicted molar refractivity (Wildman–Crippen MR) is 117 cm³/mol. The predicted octanol–water partition coefficient (Wildman–Crippen LogP) is 1.91. The maximum atomic E-state index is 12.4. The molecule has 0 radical (unpaired) electrons. The van der Waals surface area contributed by atoms with E-state index in [1.54, 1.807) is 24.3 Å². The summed E-state index contributed by atoms with van der Waals surface area (Å²) in [6.07, 6.45) is 0. The number of benzene rings is 2. The minimum Gasteiger partial charge on any atom is -0.366 e. The lowest BCUT2D eigenvalue weighted by atomic mass is 10.1. The van der Waals surface area contributed by atoms with Crippen molar-refractivity contribution >= 4 is 29.1 Å². The molecule has 0 aliphatic rings. The number of anilines is 2. The summed E-state index contributed by atoms with van der Waals surface area (Å²) >= 11 is 0. The van der Waals surface area contributed by atoms with Crippen molar-refractivity contribution in [3.63, 3.8) is 0 Å². The molecule has 1 aromatic heterocycles. The molecular formula is C22H21N5O4. The number of nitrogens with one attached hydrogen (secondary N) is 2. The first-order valence-corrected chi connectivity index (χ1v) is 9.39. The van der Waals surface area contributed by atoms with E-state index in [1.807, 2.05) is 19.1 Å². The number of rotatable bonds is 6. The van der Waals surface area contributed by atoms with E-state index in [-0.39, 0.29) is 12.5 Å². The van der Waals surface area contributed by atoms with Gasteiger partial charge in [-0.05, 0) is 48.9 Å². The van der Waals surface area contributed by atoms with Crippen LogP contribution in [0.1, 0.15) is 22.8 Å². The zero-order chi connectivity index (χ0) is 22.5. The van der Waals surface area contributed by atoms with Gasteiger partial charge >= 0.3 is 0 Å². The van der Waals surface area contributed by atoms with Crippen LogP contribution >= 0.6 is 0 Å². The number of aryl methyl sites for hydroxylation is 1. The minimum atomic E-state index is -0.566. The van der Waals surface area contributed by atoms with E-state index in [9.17, 15) is 19.2 Å². The molecule has 3 rings (SSSR count). The molecule has 158 valence electrons. The third kappa shape index (κ3) is 5.41. The van der Waals surface area contributed by atoms with Crippen LogP contribution in [0.4, 0.5) is 11.4 Å². The van der Waals surface area contributed by atoms with Crippen molar-refractivity contribution in [2.24, 2.45) is 5.73 Å². The fourth-order valence-corrected chi connectivity index (χ4v) is 2.88. The van der Waals surface area contributed by atoms with Gasteiger partial charge in [0.05, 0.1) is 5.69 Å². The van der Waals surface area contributed by atoms with Gasteiger partial charge in [0, 0.05) is 35.5 Å². The molecule has 3 aromatic rings. The molecular weight excluding hydrogens is 398 g/mol. The number of aromatic nitrogens is 2. The van der Waals surface area contributed by atoms with Gasteiger partial charge in [0.1, 0.15) is 6.54 Å². The summed E-state index contributed by atoms with van der Waals surface area (Å²) in [5.74, 6) is -1.22. The summed E-state index contributed by atoms with van der Waals surface area (Å²) in [4.78, 5) is 47.1. The smallest absolute Gasteiger partial charge is 0.267 e. The van der Waals surface area contributed by atoms with Gasteiger partial charge < -0.3 is 16.4 Å². The molecule has 0 aliphatic heterocycles. The molecule has 31 heavy (non-hydrogen) atoms. The molecule has 0 atom stereocenters. The molecule has 9 heteroatoms. The minimum absolute atomic E-state index is 0.196. The van der Waals surface area contributed by atoms with Gasteiger partial charge in [-0.1, -0.05) is 12.1 Å². The van der Waals surface area contributed by atoms with Crippen molar-refractivity contribution in [3.05, 3.63) is 76.1 Å². The second-order valence-electron chi connectivity index (χ2n) is 6.92. The Balaban J connectivity index is 1.79. The van der Waals surface area contributed by atoms with Crippen molar-refractivity contribution in [2.45, 2.75) is 20.4 Å². The Morgan fingerprint density at radius 2 is 1.71 bits per heavy atom. The van der Waals surface area contributed by atoms with Crippen LogP contribution in [-0.2, 0) is 16.1 Å². The van der Waals surface area contributed by atoms with E-state index in [0.29, 0.717) is 28.2 Å². The number of primary amides is 1. The first-order chi connectivity index (χ1) is 14.7. The van der Waals surface area contributed by atoms with Crippen LogP contribution in [0.5, 0.6) is 0 Å². The van der Waals surface area contributed by atoms with E-state index >= 15 is 0 Å². The Bertz CT molecular complexity index is 1220. The highest BCUT2D eigenvalue weighted by atomic mass is 16.2. The fourth-order valence-electron chi connectivity index (χ4n) is 2.88. The Morgan fingerprint density at radius 1 is 1.00 bits per heavy atom. The van der Waals surface area contributed by atoms with E-state index < -0.39 is 17.4 Å². The SMILES string of the molecule is CC(=O)Nc1cc(-c2ccc(=O)n(CC(=O)Nc3ccc(C(N)=O)cc3)n2)ccc1C. The summed E-state index contributed by atoms with van der Waals surface area (Å²) in [6, 6.07) is 14.4. The van der Waals surface area contributed by atoms with Crippen molar-refractivity contribution < 1.29 is 14.4 Å². The maximum absolute atomic E-state index is 12.4. The summed E-state index contributed by atoms with van der Waals surface area (Å²) in [5.41, 5.74) is 8.22. The van der Waals surface area contributed by atoms with E-state index in [1.165, 1.54) is 25.1 Å². The lowest BCUT2D eigenvalue weighted by molar-refractivity contribution is -0.117. The van der Waals surface area contributed by atoms with Crippen molar-refractivity contribution in [2.75, 3.05) is 10.6 Å². The van der Waals surface area contributed by atoms with Gasteiger partial charge in [0.15, 0.2) is 0 Å². The lowest BCUT2D eigenvalue weighted by Gasteiger charge is -2.11. The van der Waals surface area contributed by atoms with E-state index in [2.05, 4.69) is 15.7 Å². The van der Waals surface area contributed by atoms with Crippen LogP contribution < -0.4 is 21.9 Å². The molecule has 0 aliphatic carbocycles. The number of hydrogen-bond acceptors (Lipinski definition) is 5. The summed E-state index contributed by atoms with van der Waals surface area (Å²) in [7, 11) is 0. The van der Waals surface area contributed by atoms with Crippen LogP contribution in [0.15, 0.2) is 59.4 Å². The van der Waals surface area contributed by atoms with Gasteiger partial charge in [0.25, 0.3) is 5.56 Å². The van der Waals surface area contributed by atoms with Crippen LogP contribution in [0, 0.1) is 6.92 Å². The zero-order valence-corrected chi connectivity index (χ0v) is 17.0. The largest absolute Gasteiger partial charge is 0.366 e. The quantitative estimate of drug-likeness (QED) is 0.561. The molecule has 0 saturated heterocycles. The topological polar surface area (TPSA) is 136 Å². The number of carbonyl (C=O) groups is 3. The Morgan fingerprint density at radius 3 is 2.35 bits per heavy atom. The summed E-state index contributed by atoms with van der Waals surface area (Å²) < 4.78 is 1.06. The van der Waals surface area contributed by atoms with Crippen molar-refractivity contribution in [1.82, 2.24) is 9.78 Å². The Labute approximate surface area is 177 Å². The molecule has 2 aromatic carbocycles. The third-order valence-electron chi connectivity index (χ3n) is 4.46. The van der Waals surface area contributed by atoms with Crippen LogP contribution in [0.3, 0.4) is 0 Å². The standard InChI is InChI=1S/C22H21N5O4/c1-13-3-4-16(11-19(13)24-14(2)28)18-9-10-21(30)27(26-18)12-20(29)25-17-7-5-15(6-8-17)22(23)31/h3-11H,12H2,1-2H3,(H2,23,31)(H,24,28)(H,25,29). The van der Waals surface area contributed by atoms with E-state index in [0.717, 1.165) is 10.2 Å². The van der Waals surface area contributed by atoms with Crippen LogP contribution in [0.2, 0.25) is 0 Å². The number of amides is 3. The third-order valence-corrected chi connectivity index (χ3v) is 4.46. The Hall–Kier alpha value is -4.27. The lowest BCUT2D eigenvalue weighted by Crippen LogP contribution is -2.29. The van der Waals surface area contributed by atoms with Crippen molar-refractivity contribution in [3.8, 4) is 11.3 Å². The number of nitrogens with two attached hydrogens (primary N) is 1. The number of carbonyl (C=O) groups excluding carboxylic acids is 3. The molecule has 0 bridgehead atoms. The Kier molecular flexibility index (Phi) is 6.25. The first-order valence-electron chi connectivity index (χ1n) is 9.39. The van der Waals surface area contributed by atoms with Gasteiger partial charge in [-0.3, -0.25) is 19.2 Å². The molecule has 0 unspecified atom stereocenters. The van der Waals surface area contributed by atoms with Gasteiger partial charge in [0.2, 0.25) is 17.7 Å². The monoisotopic (exact) mass is 419 g/mol. The molecule has 0 spiro atoms. The molecule has 0 saturated carbocycles. The first kappa shape index (κ1) is 21.4. The molecule has 9 nitrogen and oxygen atoms in total. The fraction of sp³-hybridized carbons (Fsp3) is 0.136. The van der Waals surface area contributed by atoms with Gasteiger partial charge in [-0.15, -0.1) is 0 Å². The molecule has 0 fully saturated rings. The highest BCUT2D eigenvalue weighted by Gasteiger charge is 2.10. The zero-order valence-electron chi connectivity index (χ0n) is 17.0. The van der Waals surface area contributed by atoms with Crippen molar-refractivity contribution in [1.29, 1.82) is 0 Å². The number of hydrogen-bond donors (Lipinski definition) is 3. The maximum Gasteiger partial charge on any atom is 0.267 e. The second-order valence-corrected chi connectivity index (χ2v) is 6.92. The summed E-state index contributed by atoms with van der Waals surface area (Å²) in [6.45, 7) is 2.99. The molecule has 3 amide bonds. The highest BCUT2D eigenvalue weighted by Crippen LogP contribution is 2.23. The van der Waals surface area contributed by atoms with Gasteiger partial charge in [-0.25, -0.2) is 4.68 Å². The molecule has 1 heterocycles. The average molecular weight is 419 g/mol. The summed E-state index contributed by atoms with van der Waals surface area (Å²) in [5, 5.41) is 9.68. The van der Waals surface area contributed by atoms with Crippen LogP contribution in [-0.4, -0.2) is 27.5 Å². The van der Waals surface area contributed by atoms with E-state index in [4.69, 9.17) is 5.73 Å². The van der Waals surface area contributed by atoms with Gasteiger partial charge in [-0.2, -0.15) is 5.10 Å². The highest BCUT2D eigenvalue weighted by molar-refractivity contribution is 5.94. The average Bonchev–Trinajstić information content (AvgIpc) is 2.71.